The summed E-state index contributed by atoms with van der Waals surface area (Å²) in [6.45, 7) is 2.05. The molecule has 25 heteroatoms. The molecule has 3 aromatic carbocycles. The monoisotopic (exact) mass is 1150 g/mol. The van der Waals surface area contributed by atoms with E-state index in [1.165, 1.54) is 44.4 Å². The minimum atomic E-state index is -2.40. The van der Waals surface area contributed by atoms with Crippen molar-refractivity contribution in [2.24, 2.45) is 27.8 Å². The van der Waals surface area contributed by atoms with E-state index in [1.807, 2.05) is 6.92 Å². The SMILES string of the molecule is CCCC(=O)Nc1ccc(C2=NN=C(c3ncccn3)C3CCC(N)C(NC(=O)Oc4ccc(COC(=O)NC5CC(O[C@H]6C[C@](O)(C(=O)CO)Cc7c(O)c8c(c(O)c76)C(=O)c6c(OC)cccc6C8=O)OC(C)C5O)cc4)CCC23)nc1. The van der Waals surface area contributed by atoms with Gasteiger partial charge in [0.05, 0.1) is 65.3 Å². The highest BCUT2D eigenvalue weighted by atomic mass is 16.7. The van der Waals surface area contributed by atoms with Gasteiger partial charge in [-0.25, -0.2) is 19.6 Å². The number of hydrogen-bond donors (Lipinski definition) is 9. The second-order valence-corrected chi connectivity index (χ2v) is 21.4. The summed E-state index contributed by atoms with van der Waals surface area (Å²) in [5.74, 6) is -4.09. The Morgan fingerprint density at radius 1 is 0.833 bits per heavy atom. The summed E-state index contributed by atoms with van der Waals surface area (Å²) in [6.07, 6.45) is -0.417. The number of nitrogens with zero attached hydrogens (tertiary/aromatic N) is 5. The van der Waals surface area contributed by atoms with Gasteiger partial charge in [-0.05, 0) is 81.0 Å². The Kier molecular flexibility index (Phi) is 17.2. The van der Waals surface area contributed by atoms with Crippen molar-refractivity contribution in [3.63, 3.8) is 0 Å². The smallest absolute Gasteiger partial charge is 0.412 e. The van der Waals surface area contributed by atoms with Crippen LogP contribution in [0.25, 0.3) is 0 Å². The number of methoxy groups -OCH3 is 1. The van der Waals surface area contributed by atoms with Crippen LogP contribution in [0, 0.1) is 11.8 Å². The Morgan fingerprint density at radius 2 is 1.55 bits per heavy atom. The van der Waals surface area contributed by atoms with Gasteiger partial charge >= 0.3 is 12.2 Å². The molecule has 3 aliphatic carbocycles. The van der Waals surface area contributed by atoms with Gasteiger partial charge in [0.2, 0.25) is 11.7 Å². The molecule has 8 unspecified atom stereocenters. The molecule has 5 aliphatic rings. The molecule has 0 spiro atoms. The van der Waals surface area contributed by atoms with E-state index in [-0.39, 0.29) is 64.5 Å². The molecular weight excluding hydrogens is 1090 g/mol. The maximum Gasteiger partial charge on any atom is 0.412 e. The quantitative estimate of drug-likeness (QED) is 0.0644. The number of fused-ring (bicyclic) bond motifs is 4. The van der Waals surface area contributed by atoms with Crippen LogP contribution in [0.1, 0.15) is 131 Å². The van der Waals surface area contributed by atoms with Gasteiger partial charge in [-0.3, -0.25) is 24.2 Å². The number of amides is 3. The number of phenolic OH excluding ortho intramolecular Hbond substituents is 2. The number of aliphatic hydroxyl groups excluding tert-OH is 2. The maximum absolute atomic E-state index is 14.1. The molecule has 2 fully saturated rings. The highest BCUT2D eigenvalue weighted by Crippen LogP contribution is 2.53. The Labute approximate surface area is 480 Å². The topological polar surface area (TPSA) is 375 Å². The van der Waals surface area contributed by atoms with Crippen LogP contribution < -0.4 is 31.2 Å². The number of aromatic hydroxyl groups is 2. The first-order valence-corrected chi connectivity index (χ1v) is 27.6. The van der Waals surface area contributed by atoms with E-state index in [2.05, 4.69) is 41.1 Å². The number of rotatable bonds is 15. The molecule has 25 nitrogen and oxygen atoms in total. The molecule has 4 heterocycles. The molecule has 1 saturated heterocycles. The summed E-state index contributed by atoms with van der Waals surface area (Å²) in [7, 11) is 1.29. The number of alkyl carbamates (subject to hydrolysis) is 1. The number of pyridine rings is 1. The number of anilines is 1. The van der Waals surface area contributed by atoms with Gasteiger partial charge in [0.15, 0.2) is 23.7 Å². The minimum Gasteiger partial charge on any atom is -0.507 e. The molecule has 1 saturated carbocycles. The highest BCUT2D eigenvalue weighted by molar-refractivity contribution is 6.31. The van der Waals surface area contributed by atoms with Crippen molar-refractivity contribution in [2.75, 3.05) is 19.0 Å². The van der Waals surface area contributed by atoms with Gasteiger partial charge in [-0.2, -0.15) is 10.2 Å². The van der Waals surface area contributed by atoms with Gasteiger partial charge in [0.25, 0.3) is 0 Å². The average Bonchev–Trinajstić information content (AvgIpc) is 0.837. The third-order valence-electron chi connectivity index (χ3n) is 16.0. The summed E-state index contributed by atoms with van der Waals surface area (Å²) in [4.78, 5) is 93.7. The molecule has 2 aromatic heterocycles. The van der Waals surface area contributed by atoms with Crippen LogP contribution >= 0.6 is 0 Å². The van der Waals surface area contributed by atoms with Crippen molar-refractivity contribution in [3.05, 3.63) is 130 Å². The zero-order chi connectivity index (χ0) is 59.6. The molecule has 3 amide bonds. The third-order valence-corrected chi connectivity index (χ3v) is 16.0. The first-order valence-electron chi connectivity index (χ1n) is 27.6. The summed E-state index contributed by atoms with van der Waals surface area (Å²) < 4.78 is 28.8. The van der Waals surface area contributed by atoms with Gasteiger partial charge in [0, 0.05) is 78.7 Å². The van der Waals surface area contributed by atoms with E-state index < -0.39 is 120 Å². The van der Waals surface area contributed by atoms with Crippen LogP contribution in [0.15, 0.2) is 89.5 Å². The fourth-order valence-electron chi connectivity index (χ4n) is 11.7. The van der Waals surface area contributed by atoms with E-state index in [9.17, 15) is 54.3 Å². The number of Topliss-reactive ketones (excluding diaryl/α,β-unsaturated/α-hetero) is 1. The van der Waals surface area contributed by atoms with E-state index in [1.54, 1.807) is 48.9 Å². The van der Waals surface area contributed by atoms with Crippen molar-refractivity contribution in [2.45, 2.75) is 127 Å². The first kappa shape index (κ1) is 58.6. The predicted octanol–water partition coefficient (Wildman–Crippen LogP) is 4.39. The van der Waals surface area contributed by atoms with Gasteiger partial charge in [-0.1, -0.05) is 31.2 Å². The van der Waals surface area contributed by atoms with Crippen molar-refractivity contribution in [1.29, 1.82) is 0 Å². The lowest BCUT2D eigenvalue weighted by Crippen LogP contribution is -2.56. The van der Waals surface area contributed by atoms with E-state index in [0.29, 0.717) is 72.7 Å². The summed E-state index contributed by atoms with van der Waals surface area (Å²) in [5, 5.41) is 74.0. The van der Waals surface area contributed by atoms with Crippen molar-refractivity contribution in [1.82, 2.24) is 25.6 Å². The number of aromatic nitrogens is 3. The van der Waals surface area contributed by atoms with Crippen LogP contribution in [-0.4, -0.2) is 143 Å². The number of benzene rings is 3. The second-order valence-electron chi connectivity index (χ2n) is 21.4. The molecule has 0 radical (unpaired) electrons. The van der Waals surface area contributed by atoms with Gasteiger partial charge in [0.1, 0.15) is 53.6 Å². The number of nitrogens with one attached hydrogen (secondary N) is 3. The molecule has 84 heavy (non-hydrogen) atoms. The van der Waals surface area contributed by atoms with E-state index >= 15 is 0 Å². The number of ether oxygens (including phenoxy) is 5. The lowest BCUT2D eigenvalue weighted by Gasteiger charge is -2.42. The maximum atomic E-state index is 14.1. The molecule has 10 atom stereocenters. The van der Waals surface area contributed by atoms with Gasteiger partial charge in [-0.15, -0.1) is 0 Å². The Bertz CT molecular complexity index is 3440. The summed E-state index contributed by atoms with van der Waals surface area (Å²) >= 11 is 0. The minimum absolute atomic E-state index is 0.0351. The highest BCUT2D eigenvalue weighted by Gasteiger charge is 2.51. The first-order chi connectivity index (χ1) is 40.4. The van der Waals surface area contributed by atoms with Gasteiger partial charge < -0.3 is 70.9 Å². The fourth-order valence-corrected chi connectivity index (χ4v) is 11.7. The van der Waals surface area contributed by atoms with Crippen LogP contribution in [0.5, 0.6) is 23.0 Å². The molecule has 440 valence electrons. The van der Waals surface area contributed by atoms with Crippen molar-refractivity contribution in [3.8, 4) is 23.0 Å². The molecular formula is C59H63N9O16. The second kappa shape index (κ2) is 24.7. The third kappa shape index (κ3) is 11.8. The standard InChI is InChI=1S/C59H63N9O16/c1-4-7-43(71)64-30-12-18-38(63-25-30)49-32-16-19-37(36(60)17-15-33(32)50(68-67-49)56-61-20-6-21-62-56)65-58(78)83-31-13-10-29(11-14-31)27-81-57(77)66-39-22-44(82-28(2)51(39)72)84-41-24-59(79,42(70)26-69)23-35-46(41)55(76)48-47(53(35)74)52(73)34-8-5-9-40(80-3)45(34)54(48)75/h5-6,8-14,18,20-21,25,28,32-33,36-37,39,41,44,51,69,72,74,76,79H,4,7,15-17,19,22-24,26-27,60H2,1-3H3,(H,64,71)(H,65,78)(H,66,77)/t28?,32?,33?,36?,37?,39?,41-,44?,51?,59-/m0/s1. The molecule has 5 aromatic rings. The average molecular weight is 1150 g/mol. The van der Waals surface area contributed by atoms with E-state index in [4.69, 9.17) is 29.4 Å². The fraction of sp³-hybridized carbons (Fsp3) is 0.407. The van der Waals surface area contributed by atoms with Crippen LogP contribution in [0.4, 0.5) is 15.3 Å². The van der Waals surface area contributed by atoms with Crippen molar-refractivity contribution < 1.29 is 78.0 Å². The number of ketones is 3. The predicted molar refractivity (Wildman–Crippen MR) is 297 cm³/mol. The van der Waals surface area contributed by atoms with E-state index in [0.717, 1.165) is 0 Å². The largest absolute Gasteiger partial charge is 0.507 e. The number of nitrogens with two attached hydrogens (primary N) is 1. The number of phenols is 2. The normalized spacial score (nSPS) is 25.3. The Balaban J connectivity index is 0.760. The Morgan fingerprint density at radius 3 is 2.26 bits per heavy atom. The number of hydrogen-bond acceptors (Lipinski definition) is 22. The lowest BCUT2D eigenvalue weighted by molar-refractivity contribution is -0.249. The molecule has 10 N–H and O–H groups in total. The number of carbonyl (C=O) groups is 6. The zero-order valence-electron chi connectivity index (χ0n) is 46.0. The van der Waals surface area contributed by atoms with Crippen LogP contribution in [0.3, 0.4) is 0 Å². The molecule has 0 bridgehead atoms. The zero-order valence-corrected chi connectivity index (χ0v) is 46.0. The molecule has 10 rings (SSSR count). The summed E-state index contributed by atoms with van der Waals surface area (Å²) in [5.41, 5.74) is 5.39. The summed E-state index contributed by atoms with van der Waals surface area (Å²) in [6, 6.07) is 13.7. The Hall–Kier alpha value is -8.59. The number of carbonyl (C=O) groups excluding carboxylic acids is 6. The van der Waals surface area contributed by atoms with Crippen molar-refractivity contribution >= 4 is 52.6 Å². The van der Waals surface area contributed by atoms with Crippen LogP contribution in [0.2, 0.25) is 0 Å². The number of aliphatic hydroxyl groups is 3. The lowest BCUT2D eigenvalue weighted by atomic mass is 9.72. The molecule has 2 aliphatic heterocycles. The van der Waals surface area contributed by atoms with Crippen LogP contribution in [-0.2, 0) is 36.8 Å².